The molecule has 1 unspecified atom stereocenters. The summed E-state index contributed by atoms with van der Waals surface area (Å²) in [4.78, 5) is 0. The average Bonchev–Trinajstić information content (AvgIpc) is 2.49. The third kappa shape index (κ3) is 3.79. The zero-order valence-electron chi connectivity index (χ0n) is 13.3. The maximum Gasteiger partial charge on any atom is 0.115 e. The highest BCUT2D eigenvalue weighted by atomic mass is 16.3. The summed E-state index contributed by atoms with van der Waals surface area (Å²) in [5.74, 6) is 2.30. The molecule has 116 valence electrons. The predicted molar refractivity (Wildman–Crippen MR) is 87.5 cm³/mol. The molecule has 1 saturated carbocycles. The molecule has 2 aliphatic rings. The van der Waals surface area contributed by atoms with E-state index >= 15 is 0 Å². The Labute approximate surface area is 129 Å². The number of nitrogens with one attached hydrogen (secondary N) is 1. The number of phenols is 1. The van der Waals surface area contributed by atoms with Crippen LogP contribution < -0.4 is 5.32 Å². The Morgan fingerprint density at radius 3 is 2.76 bits per heavy atom. The van der Waals surface area contributed by atoms with E-state index in [4.69, 9.17) is 0 Å². The van der Waals surface area contributed by atoms with Gasteiger partial charge in [-0.1, -0.05) is 38.7 Å². The van der Waals surface area contributed by atoms with E-state index in [9.17, 15) is 5.11 Å². The molecule has 1 aromatic carbocycles. The molecule has 2 aliphatic carbocycles. The largest absolute Gasteiger partial charge is 0.508 e. The van der Waals surface area contributed by atoms with Crippen molar-refractivity contribution in [3.63, 3.8) is 0 Å². The number of benzene rings is 1. The highest BCUT2D eigenvalue weighted by Gasteiger charge is 2.21. The molecule has 0 spiro atoms. The second kappa shape index (κ2) is 6.83. The molecule has 2 heteroatoms. The zero-order valence-corrected chi connectivity index (χ0v) is 13.3. The molecule has 2 N–H and O–H groups in total. The molecule has 1 fully saturated rings. The van der Waals surface area contributed by atoms with Crippen LogP contribution in [-0.2, 0) is 6.42 Å². The van der Waals surface area contributed by atoms with Crippen molar-refractivity contribution in [2.24, 2.45) is 11.8 Å². The van der Waals surface area contributed by atoms with Gasteiger partial charge in [-0.15, -0.1) is 0 Å². The molecule has 2 nitrogen and oxygen atoms in total. The van der Waals surface area contributed by atoms with E-state index in [1.165, 1.54) is 56.1 Å². The van der Waals surface area contributed by atoms with Gasteiger partial charge in [0.15, 0.2) is 0 Å². The van der Waals surface area contributed by atoms with Crippen molar-refractivity contribution in [3.8, 4) is 5.75 Å². The molecule has 1 atom stereocenters. The van der Waals surface area contributed by atoms with Crippen molar-refractivity contribution in [2.45, 2.75) is 64.3 Å². The minimum absolute atomic E-state index is 0.408. The van der Waals surface area contributed by atoms with Gasteiger partial charge in [-0.05, 0) is 67.3 Å². The van der Waals surface area contributed by atoms with Crippen LogP contribution in [0.2, 0.25) is 0 Å². The van der Waals surface area contributed by atoms with Crippen LogP contribution in [0.15, 0.2) is 18.2 Å². The topological polar surface area (TPSA) is 32.3 Å². The van der Waals surface area contributed by atoms with E-state index in [0.29, 0.717) is 11.8 Å². The number of hydrogen-bond acceptors (Lipinski definition) is 2. The number of hydrogen-bond donors (Lipinski definition) is 2. The zero-order chi connectivity index (χ0) is 14.7. The lowest BCUT2D eigenvalue weighted by atomic mass is 9.81. The van der Waals surface area contributed by atoms with Crippen LogP contribution in [-0.4, -0.2) is 11.7 Å². The molecule has 1 aromatic rings. The lowest BCUT2D eigenvalue weighted by Gasteiger charge is -2.29. The third-order valence-electron chi connectivity index (χ3n) is 5.52. The van der Waals surface area contributed by atoms with Gasteiger partial charge in [-0.25, -0.2) is 0 Å². The Morgan fingerprint density at radius 1 is 1.14 bits per heavy atom. The monoisotopic (exact) mass is 287 g/mol. The van der Waals surface area contributed by atoms with Crippen LogP contribution in [0.3, 0.4) is 0 Å². The fraction of sp³-hybridized carbons (Fsp3) is 0.684. The molecular weight excluding hydrogens is 258 g/mol. The Morgan fingerprint density at radius 2 is 1.95 bits per heavy atom. The van der Waals surface area contributed by atoms with E-state index in [1.54, 1.807) is 0 Å². The van der Waals surface area contributed by atoms with Crippen LogP contribution in [0.5, 0.6) is 5.75 Å². The molecule has 0 aliphatic heterocycles. The summed E-state index contributed by atoms with van der Waals surface area (Å²) in [6.07, 6.45) is 10.6. The van der Waals surface area contributed by atoms with Crippen molar-refractivity contribution < 1.29 is 5.11 Å². The molecule has 0 heterocycles. The van der Waals surface area contributed by atoms with E-state index in [0.717, 1.165) is 24.8 Å². The van der Waals surface area contributed by atoms with Crippen molar-refractivity contribution >= 4 is 0 Å². The van der Waals surface area contributed by atoms with Crippen LogP contribution in [0.1, 0.15) is 69.0 Å². The Bertz CT molecular complexity index is 463. The maximum atomic E-state index is 9.62. The van der Waals surface area contributed by atoms with Crippen LogP contribution in [0.25, 0.3) is 0 Å². The van der Waals surface area contributed by atoms with Crippen LogP contribution in [0, 0.1) is 11.8 Å². The normalized spacial score (nSPS) is 29.1. The highest BCUT2D eigenvalue weighted by Crippen LogP contribution is 2.33. The Kier molecular flexibility index (Phi) is 4.84. The van der Waals surface area contributed by atoms with Gasteiger partial charge >= 0.3 is 0 Å². The summed E-state index contributed by atoms with van der Waals surface area (Å²) in [6, 6.07) is 6.40. The van der Waals surface area contributed by atoms with E-state index < -0.39 is 0 Å². The summed E-state index contributed by atoms with van der Waals surface area (Å²) in [6.45, 7) is 3.53. The fourth-order valence-electron chi connectivity index (χ4n) is 4.09. The first-order chi connectivity index (χ1) is 10.2. The standard InChI is InChI=1S/C19H29NO/c1-14-5-7-15(8-6-14)11-12-20-19-4-2-3-16-13-17(21)9-10-18(16)19/h9-10,13-15,19-21H,2-8,11-12H2,1H3. The first-order valence-corrected chi connectivity index (χ1v) is 8.77. The number of aryl methyl sites for hydroxylation is 1. The first kappa shape index (κ1) is 14.9. The SMILES string of the molecule is CC1CCC(CCNC2CCCc3cc(O)ccc32)CC1. The van der Waals surface area contributed by atoms with Crippen LogP contribution >= 0.6 is 0 Å². The molecule has 0 amide bonds. The quantitative estimate of drug-likeness (QED) is 0.850. The van der Waals surface area contributed by atoms with Crippen molar-refractivity contribution in [2.75, 3.05) is 6.54 Å². The van der Waals surface area contributed by atoms with Crippen LogP contribution in [0.4, 0.5) is 0 Å². The van der Waals surface area contributed by atoms with E-state index in [2.05, 4.69) is 18.3 Å². The average molecular weight is 287 g/mol. The number of rotatable bonds is 4. The molecular formula is C19H29NO. The lowest BCUT2D eigenvalue weighted by molar-refractivity contribution is 0.271. The molecule has 0 bridgehead atoms. The number of fused-ring (bicyclic) bond motifs is 1. The minimum Gasteiger partial charge on any atom is -0.508 e. The van der Waals surface area contributed by atoms with Gasteiger partial charge < -0.3 is 10.4 Å². The molecule has 0 saturated heterocycles. The van der Waals surface area contributed by atoms with Gasteiger partial charge in [0.2, 0.25) is 0 Å². The summed E-state index contributed by atoms with van der Waals surface area (Å²) in [5.41, 5.74) is 2.75. The molecule has 0 radical (unpaired) electrons. The van der Waals surface area contributed by atoms with Crippen molar-refractivity contribution in [3.05, 3.63) is 29.3 Å². The summed E-state index contributed by atoms with van der Waals surface area (Å²) < 4.78 is 0. The lowest BCUT2D eigenvalue weighted by Crippen LogP contribution is -2.27. The first-order valence-electron chi connectivity index (χ1n) is 8.77. The molecule has 3 rings (SSSR count). The predicted octanol–water partition coefficient (Wildman–Crippen LogP) is 4.58. The number of phenolic OH excluding ortho intramolecular Hbond substituents is 1. The van der Waals surface area contributed by atoms with Gasteiger partial charge in [0.25, 0.3) is 0 Å². The summed E-state index contributed by atoms with van der Waals surface area (Å²) >= 11 is 0. The minimum atomic E-state index is 0.408. The maximum absolute atomic E-state index is 9.62. The molecule has 21 heavy (non-hydrogen) atoms. The van der Waals surface area contributed by atoms with E-state index in [1.807, 2.05) is 12.1 Å². The molecule has 0 aromatic heterocycles. The smallest absolute Gasteiger partial charge is 0.115 e. The number of aromatic hydroxyl groups is 1. The second-order valence-corrected chi connectivity index (χ2v) is 7.20. The third-order valence-corrected chi connectivity index (χ3v) is 5.52. The van der Waals surface area contributed by atoms with Gasteiger partial charge in [-0.3, -0.25) is 0 Å². The fourth-order valence-corrected chi connectivity index (χ4v) is 4.09. The second-order valence-electron chi connectivity index (χ2n) is 7.20. The highest BCUT2D eigenvalue weighted by molar-refractivity contribution is 5.38. The summed E-state index contributed by atoms with van der Waals surface area (Å²) in [7, 11) is 0. The Balaban J connectivity index is 1.50. The van der Waals surface area contributed by atoms with Gasteiger partial charge in [0.1, 0.15) is 5.75 Å². The van der Waals surface area contributed by atoms with Crippen molar-refractivity contribution in [1.29, 1.82) is 0 Å². The van der Waals surface area contributed by atoms with Gasteiger partial charge in [0, 0.05) is 6.04 Å². The Hall–Kier alpha value is -1.02. The van der Waals surface area contributed by atoms with E-state index in [-0.39, 0.29) is 0 Å². The summed E-state index contributed by atoms with van der Waals surface area (Å²) in [5, 5.41) is 13.4. The van der Waals surface area contributed by atoms with Crippen molar-refractivity contribution in [1.82, 2.24) is 5.32 Å². The van der Waals surface area contributed by atoms with Gasteiger partial charge in [0.05, 0.1) is 0 Å². The van der Waals surface area contributed by atoms with Gasteiger partial charge in [-0.2, -0.15) is 0 Å².